The Labute approximate surface area is 114 Å². The van der Waals surface area contributed by atoms with Gasteiger partial charge >= 0.3 is 0 Å². The number of aliphatic hydroxyl groups is 1. The molecule has 1 atom stereocenters. The SMILES string of the molecule is Cc1cc(C(=N)N)ccc1CN1CCCC(C)(O)C1. The smallest absolute Gasteiger partial charge is 0.122 e. The van der Waals surface area contributed by atoms with E-state index in [0.29, 0.717) is 0 Å². The standard InChI is InChI=1S/C15H23N3O/c1-11-8-12(14(16)17)4-5-13(11)9-18-7-3-6-15(2,19)10-18/h4-5,8,19H,3,6-7,9-10H2,1-2H3,(H3,16,17). The molecule has 0 spiro atoms. The number of aryl methyl sites for hydroxylation is 1. The highest BCUT2D eigenvalue weighted by Gasteiger charge is 2.28. The second kappa shape index (κ2) is 5.31. The Hall–Kier alpha value is -1.39. The van der Waals surface area contributed by atoms with E-state index in [1.54, 1.807) is 0 Å². The van der Waals surface area contributed by atoms with Gasteiger partial charge in [-0.2, -0.15) is 0 Å². The van der Waals surface area contributed by atoms with Crippen molar-refractivity contribution in [2.24, 2.45) is 5.73 Å². The van der Waals surface area contributed by atoms with Crippen LogP contribution in [0.15, 0.2) is 18.2 Å². The van der Waals surface area contributed by atoms with Crippen LogP contribution in [-0.2, 0) is 6.54 Å². The number of nitrogens with one attached hydrogen (secondary N) is 1. The first-order valence-electron chi connectivity index (χ1n) is 6.76. The van der Waals surface area contributed by atoms with E-state index in [2.05, 4.69) is 4.90 Å². The quantitative estimate of drug-likeness (QED) is 0.572. The minimum Gasteiger partial charge on any atom is -0.389 e. The lowest BCUT2D eigenvalue weighted by Crippen LogP contribution is -2.45. The third kappa shape index (κ3) is 3.55. The van der Waals surface area contributed by atoms with Crippen molar-refractivity contribution in [2.45, 2.75) is 38.8 Å². The zero-order chi connectivity index (χ0) is 14.0. The van der Waals surface area contributed by atoms with Gasteiger partial charge in [0.15, 0.2) is 0 Å². The Balaban J connectivity index is 2.09. The van der Waals surface area contributed by atoms with Crippen LogP contribution in [0, 0.1) is 12.3 Å². The van der Waals surface area contributed by atoms with Crippen molar-refractivity contribution in [2.75, 3.05) is 13.1 Å². The summed E-state index contributed by atoms with van der Waals surface area (Å²) in [6.07, 6.45) is 1.92. The second-order valence-corrected chi connectivity index (χ2v) is 5.87. The maximum Gasteiger partial charge on any atom is 0.122 e. The first kappa shape index (κ1) is 14.0. The summed E-state index contributed by atoms with van der Waals surface area (Å²) < 4.78 is 0. The molecular weight excluding hydrogens is 238 g/mol. The van der Waals surface area contributed by atoms with Crippen molar-refractivity contribution in [3.63, 3.8) is 0 Å². The van der Waals surface area contributed by atoms with E-state index < -0.39 is 5.60 Å². The number of hydrogen-bond acceptors (Lipinski definition) is 3. The maximum absolute atomic E-state index is 10.1. The summed E-state index contributed by atoms with van der Waals surface area (Å²) in [6, 6.07) is 5.89. The number of nitrogens with zero attached hydrogens (tertiary/aromatic N) is 1. The molecule has 0 aromatic heterocycles. The molecule has 1 aliphatic heterocycles. The van der Waals surface area contributed by atoms with E-state index in [1.165, 1.54) is 5.56 Å². The Kier molecular flexibility index (Phi) is 3.92. The van der Waals surface area contributed by atoms with E-state index in [-0.39, 0.29) is 5.84 Å². The Morgan fingerprint density at radius 1 is 1.53 bits per heavy atom. The molecule has 1 unspecified atom stereocenters. The number of amidine groups is 1. The number of rotatable bonds is 3. The van der Waals surface area contributed by atoms with Crippen LogP contribution < -0.4 is 5.73 Å². The Morgan fingerprint density at radius 3 is 2.84 bits per heavy atom. The fourth-order valence-corrected chi connectivity index (χ4v) is 2.74. The highest BCUT2D eigenvalue weighted by atomic mass is 16.3. The first-order valence-corrected chi connectivity index (χ1v) is 6.76. The van der Waals surface area contributed by atoms with Gasteiger partial charge in [0, 0.05) is 18.7 Å². The van der Waals surface area contributed by atoms with Gasteiger partial charge in [0.25, 0.3) is 0 Å². The molecule has 1 aromatic carbocycles. The van der Waals surface area contributed by atoms with Crippen LogP contribution >= 0.6 is 0 Å². The summed E-state index contributed by atoms with van der Waals surface area (Å²) in [5, 5.41) is 17.6. The van der Waals surface area contributed by atoms with Gasteiger partial charge in [-0.15, -0.1) is 0 Å². The van der Waals surface area contributed by atoms with Crippen LogP contribution in [0.25, 0.3) is 0 Å². The lowest BCUT2D eigenvalue weighted by molar-refractivity contribution is -0.0182. The monoisotopic (exact) mass is 261 g/mol. The molecule has 19 heavy (non-hydrogen) atoms. The van der Waals surface area contributed by atoms with E-state index in [0.717, 1.165) is 43.6 Å². The normalized spacial score (nSPS) is 24.4. The maximum atomic E-state index is 10.1. The number of hydrogen-bond donors (Lipinski definition) is 3. The summed E-state index contributed by atoms with van der Waals surface area (Å²) in [5.74, 6) is 0.107. The summed E-state index contributed by atoms with van der Waals surface area (Å²) in [7, 11) is 0. The number of nitrogens with two attached hydrogens (primary N) is 1. The van der Waals surface area contributed by atoms with Gasteiger partial charge in [0.05, 0.1) is 5.60 Å². The number of benzene rings is 1. The molecule has 4 nitrogen and oxygen atoms in total. The number of piperidine rings is 1. The van der Waals surface area contributed by atoms with Gasteiger partial charge in [0.1, 0.15) is 5.84 Å². The molecule has 1 aromatic rings. The van der Waals surface area contributed by atoms with Gasteiger partial charge in [-0.3, -0.25) is 10.3 Å². The molecule has 0 aliphatic carbocycles. The lowest BCUT2D eigenvalue weighted by atomic mass is 9.94. The molecule has 1 saturated heterocycles. The Bertz CT molecular complexity index is 482. The lowest BCUT2D eigenvalue weighted by Gasteiger charge is -2.37. The largest absolute Gasteiger partial charge is 0.389 e. The summed E-state index contributed by atoms with van der Waals surface area (Å²) in [5.41, 5.74) is 8.09. The van der Waals surface area contributed by atoms with Gasteiger partial charge in [-0.05, 0) is 50.4 Å². The predicted octanol–water partition coefficient (Wildman–Crippen LogP) is 1.63. The van der Waals surface area contributed by atoms with Gasteiger partial charge in [-0.1, -0.05) is 12.1 Å². The highest BCUT2D eigenvalue weighted by molar-refractivity contribution is 5.95. The zero-order valence-electron chi connectivity index (χ0n) is 11.7. The van der Waals surface area contributed by atoms with E-state index in [1.807, 2.05) is 32.0 Å². The molecule has 0 amide bonds. The fraction of sp³-hybridized carbons (Fsp3) is 0.533. The third-order valence-electron chi connectivity index (χ3n) is 3.80. The summed E-state index contributed by atoms with van der Waals surface area (Å²) in [6.45, 7) is 6.56. The summed E-state index contributed by atoms with van der Waals surface area (Å²) >= 11 is 0. The van der Waals surface area contributed by atoms with Crippen LogP contribution in [-0.4, -0.2) is 34.5 Å². The van der Waals surface area contributed by atoms with Crippen molar-refractivity contribution in [1.29, 1.82) is 5.41 Å². The van der Waals surface area contributed by atoms with Crippen LogP contribution in [0.3, 0.4) is 0 Å². The number of nitrogen functional groups attached to an aromatic ring is 1. The number of likely N-dealkylation sites (tertiary alicyclic amines) is 1. The minimum atomic E-state index is -0.564. The average Bonchev–Trinajstić information content (AvgIpc) is 2.30. The molecule has 2 rings (SSSR count). The van der Waals surface area contributed by atoms with E-state index >= 15 is 0 Å². The van der Waals surface area contributed by atoms with Gasteiger partial charge < -0.3 is 10.8 Å². The van der Waals surface area contributed by atoms with Crippen molar-refractivity contribution < 1.29 is 5.11 Å². The molecule has 0 saturated carbocycles. The van der Waals surface area contributed by atoms with Crippen LogP contribution in [0.4, 0.5) is 0 Å². The predicted molar refractivity (Wildman–Crippen MR) is 77.3 cm³/mol. The topological polar surface area (TPSA) is 73.3 Å². The van der Waals surface area contributed by atoms with Crippen LogP contribution in [0.5, 0.6) is 0 Å². The second-order valence-electron chi connectivity index (χ2n) is 5.87. The molecule has 1 heterocycles. The van der Waals surface area contributed by atoms with Gasteiger partial charge in [0.2, 0.25) is 0 Å². The van der Waals surface area contributed by atoms with Crippen molar-refractivity contribution in [3.8, 4) is 0 Å². The van der Waals surface area contributed by atoms with Crippen LogP contribution in [0.1, 0.15) is 36.5 Å². The fourth-order valence-electron chi connectivity index (χ4n) is 2.74. The molecule has 104 valence electrons. The average molecular weight is 261 g/mol. The van der Waals surface area contributed by atoms with Crippen LogP contribution in [0.2, 0.25) is 0 Å². The first-order chi connectivity index (χ1) is 8.87. The Morgan fingerprint density at radius 2 is 2.26 bits per heavy atom. The molecule has 4 N–H and O–H groups in total. The minimum absolute atomic E-state index is 0.107. The van der Waals surface area contributed by atoms with E-state index in [4.69, 9.17) is 11.1 Å². The third-order valence-corrected chi connectivity index (χ3v) is 3.80. The van der Waals surface area contributed by atoms with Gasteiger partial charge in [-0.25, -0.2) is 0 Å². The number of β-amino-alcohol motifs (C(OH)–C–C–N with tert-alkyl or cyclic N) is 1. The molecule has 0 radical (unpaired) electrons. The molecular formula is C15H23N3O. The molecule has 4 heteroatoms. The molecule has 1 aliphatic rings. The highest BCUT2D eigenvalue weighted by Crippen LogP contribution is 2.23. The van der Waals surface area contributed by atoms with E-state index in [9.17, 15) is 5.11 Å². The molecule has 0 bridgehead atoms. The zero-order valence-corrected chi connectivity index (χ0v) is 11.7. The summed E-state index contributed by atoms with van der Waals surface area (Å²) in [4.78, 5) is 2.29. The molecule has 1 fully saturated rings. The van der Waals surface area contributed by atoms with Crippen molar-refractivity contribution in [1.82, 2.24) is 4.90 Å². The van der Waals surface area contributed by atoms with Crippen molar-refractivity contribution in [3.05, 3.63) is 34.9 Å². The van der Waals surface area contributed by atoms with Crippen molar-refractivity contribution >= 4 is 5.84 Å².